The maximum absolute atomic E-state index is 15.2. The van der Waals surface area contributed by atoms with E-state index in [-0.39, 0.29) is 103 Å². The molecule has 1 fully saturated rings. The van der Waals surface area contributed by atoms with E-state index in [0.717, 1.165) is 0 Å². The van der Waals surface area contributed by atoms with Crippen molar-refractivity contribution in [2.45, 2.75) is 285 Å². The highest BCUT2D eigenvalue weighted by molar-refractivity contribution is 5.97. The van der Waals surface area contributed by atoms with Crippen molar-refractivity contribution in [2.75, 3.05) is 45.8 Å². The number of benzene rings is 1. The molecule has 12 atom stereocenters. The Morgan fingerprint density at radius 1 is 0.523 bits per heavy atom. The molecule has 34 heteroatoms. The second-order valence-corrected chi connectivity index (χ2v) is 32.9. The predicted octanol–water partition coefficient (Wildman–Crippen LogP) is 3.57. The Labute approximate surface area is 641 Å². The molecule has 1 saturated heterocycles. The highest BCUT2D eigenvalue weighted by Crippen LogP contribution is 2.21. The number of alkyl carbamates (subject to hydrolysis) is 5. The standard InChI is InChI=1S/C75H127N13O21/c1-43(2)37-54-63(97)85-52(29-35-81-69(103)108-74(14,15)16)58(93)40-48(26-32-78-66(100)105-71(5,6)7)60(94)88-59(45(4)90)65(99)77-31-25-47(42-83-53(30-36-82-70(104)109-75(17,18)19)62(96)87-55(64(98)86-54)38-46-23-21-20-22-24-46)39-57(92)51(28-34-80-68(102)107-73(11,12)13)84-61(95)49(44(3)89)41-56(91)50(76)27-33-79-67(101)106-72(8,9)10/h20-24,43-45,47-55,59,83,89-90H,25-42,76H2,1-19H3,(H,77,99)(H,78,100)(H,79,101)(H,80,102)(H,81,103)(H,82,104)(H,84,95)(H,85,97)(H,86,98)(H,87,96)(H,88,94)/t44?,45?,47-,48-,49+,50+,51+,52+,53+,54+,55-,59+/m1/s1. The van der Waals surface area contributed by atoms with Gasteiger partial charge in [-0.2, -0.15) is 0 Å². The summed E-state index contributed by atoms with van der Waals surface area (Å²) in [6.45, 7) is 28.8. The molecule has 109 heavy (non-hydrogen) atoms. The average Bonchev–Trinajstić information content (AvgIpc) is 1.20. The number of nitrogens with two attached hydrogens (primary N) is 1. The van der Waals surface area contributed by atoms with Crippen LogP contribution in [0.2, 0.25) is 0 Å². The van der Waals surface area contributed by atoms with Gasteiger partial charge in [0.15, 0.2) is 11.6 Å². The van der Waals surface area contributed by atoms with Crippen LogP contribution in [0.25, 0.3) is 0 Å². The summed E-state index contributed by atoms with van der Waals surface area (Å²) >= 11 is 0. The van der Waals surface area contributed by atoms with Crippen molar-refractivity contribution in [1.82, 2.24) is 63.8 Å². The highest BCUT2D eigenvalue weighted by Gasteiger charge is 2.38. The van der Waals surface area contributed by atoms with E-state index in [2.05, 4.69) is 63.8 Å². The van der Waals surface area contributed by atoms with Gasteiger partial charge in [0.25, 0.3) is 0 Å². The first-order valence-corrected chi connectivity index (χ1v) is 37.4. The molecule has 0 radical (unpaired) electrons. The van der Waals surface area contributed by atoms with Gasteiger partial charge in [-0.05, 0) is 187 Å². The summed E-state index contributed by atoms with van der Waals surface area (Å²) in [5.74, 6) is -11.8. The molecule has 1 heterocycles. The fourth-order valence-corrected chi connectivity index (χ4v) is 10.9. The van der Waals surface area contributed by atoms with Crippen LogP contribution in [0.3, 0.4) is 0 Å². The first-order chi connectivity index (χ1) is 50.3. The number of hydrogen-bond acceptors (Lipinski definition) is 23. The molecule has 1 aliphatic rings. The van der Waals surface area contributed by atoms with Crippen molar-refractivity contribution in [3.05, 3.63) is 35.9 Å². The lowest BCUT2D eigenvalue weighted by Gasteiger charge is -2.29. The van der Waals surface area contributed by atoms with Gasteiger partial charge in [0, 0.05) is 70.9 Å². The number of Topliss-reactive ketones (excluding diaryl/α,β-unsaturated/α-hetero) is 3. The van der Waals surface area contributed by atoms with Gasteiger partial charge < -0.3 is 103 Å². The van der Waals surface area contributed by atoms with Gasteiger partial charge in [0.05, 0.1) is 42.3 Å². The zero-order chi connectivity index (χ0) is 83.0. The van der Waals surface area contributed by atoms with E-state index in [1.165, 1.54) is 13.8 Å². The number of rotatable bonds is 29. The first-order valence-electron chi connectivity index (χ1n) is 37.4. The molecule has 16 N–H and O–H groups in total. The summed E-state index contributed by atoms with van der Waals surface area (Å²) in [6.07, 6.45) is -10.7. The minimum atomic E-state index is -1.75. The quantitative estimate of drug-likeness (QED) is 0.0510. The predicted molar refractivity (Wildman–Crippen MR) is 404 cm³/mol. The Morgan fingerprint density at radius 2 is 0.954 bits per heavy atom. The molecule has 34 nitrogen and oxygen atoms in total. The number of carbonyl (C=O) groups is 14. The van der Waals surface area contributed by atoms with Crippen LogP contribution in [-0.2, 0) is 73.3 Å². The third kappa shape index (κ3) is 42.1. The van der Waals surface area contributed by atoms with Crippen LogP contribution in [0.4, 0.5) is 24.0 Å². The molecular weight excluding hydrogens is 1420 g/mol. The number of aliphatic hydroxyl groups excluding tert-OH is 2. The molecule has 11 amide bonds. The lowest BCUT2D eigenvalue weighted by Crippen LogP contribution is -2.58. The van der Waals surface area contributed by atoms with Crippen LogP contribution in [0.5, 0.6) is 0 Å². The van der Waals surface area contributed by atoms with Crippen molar-refractivity contribution in [3.8, 4) is 0 Å². The Hall–Kier alpha value is -8.76. The van der Waals surface area contributed by atoms with E-state index >= 15 is 14.4 Å². The Bertz CT molecular complexity index is 3170. The van der Waals surface area contributed by atoms with Gasteiger partial charge in [-0.25, -0.2) is 24.0 Å². The topological polar surface area (TPSA) is 496 Å². The summed E-state index contributed by atoms with van der Waals surface area (Å²) in [7, 11) is 0. The molecule has 1 aromatic carbocycles. The molecule has 1 aliphatic heterocycles. The molecule has 0 saturated carbocycles. The van der Waals surface area contributed by atoms with Crippen LogP contribution in [0, 0.1) is 23.7 Å². The molecule has 618 valence electrons. The fraction of sp³-hybridized carbons (Fsp3) is 0.733. The number of hydrogen-bond donors (Lipinski definition) is 15. The summed E-state index contributed by atoms with van der Waals surface area (Å²) in [4.78, 5) is 197. The second-order valence-electron chi connectivity index (χ2n) is 32.9. The number of ketones is 3. The number of ether oxygens (including phenoxy) is 5. The number of carbonyl (C=O) groups excluding carboxylic acids is 14. The molecule has 2 rings (SSSR count). The molecule has 0 spiro atoms. The first kappa shape index (κ1) is 96.3. The second kappa shape index (κ2) is 45.4. The zero-order valence-corrected chi connectivity index (χ0v) is 67.3. The third-order valence-corrected chi connectivity index (χ3v) is 16.2. The van der Waals surface area contributed by atoms with Gasteiger partial charge in [0.2, 0.25) is 35.4 Å². The van der Waals surface area contributed by atoms with Crippen molar-refractivity contribution in [3.63, 3.8) is 0 Å². The molecule has 0 aliphatic carbocycles. The van der Waals surface area contributed by atoms with Gasteiger partial charge in [-0.15, -0.1) is 0 Å². The fourth-order valence-electron chi connectivity index (χ4n) is 10.9. The van der Waals surface area contributed by atoms with E-state index in [9.17, 15) is 63.0 Å². The van der Waals surface area contributed by atoms with Crippen LogP contribution in [0.1, 0.15) is 201 Å². The lowest BCUT2D eigenvalue weighted by molar-refractivity contribution is -0.136. The largest absolute Gasteiger partial charge is 0.444 e. The van der Waals surface area contributed by atoms with Crippen LogP contribution < -0.4 is 69.5 Å². The van der Waals surface area contributed by atoms with Crippen LogP contribution in [-0.4, -0.2) is 222 Å². The molecule has 0 aromatic heterocycles. The Morgan fingerprint density at radius 3 is 1.42 bits per heavy atom. The van der Waals surface area contributed by atoms with E-state index < -0.39 is 203 Å². The van der Waals surface area contributed by atoms with E-state index in [0.29, 0.717) is 5.56 Å². The minimum Gasteiger partial charge on any atom is -0.444 e. The van der Waals surface area contributed by atoms with Gasteiger partial charge in [-0.3, -0.25) is 43.2 Å². The Balaban J connectivity index is 3.02. The van der Waals surface area contributed by atoms with Gasteiger partial charge in [0.1, 0.15) is 51.9 Å². The van der Waals surface area contributed by atoms with Crippen molar-refractivity contribution >= 4 is 83.3 Å². The van der Waals surface area contributed by atoms with Gasteiger partial charge >= 0.3 is 30.5 Å². The molecule has 0 bridgehead atoms. The SMILES string of the molecule is CC(C)C[C@@H]1NC(=O)[C@@H](Cc2ccccc2)NC(=O)[C@H](CCNC(=O)OC(C)(C)C)NC[C@@H](CC(=O)[C@H](CCNC(=O)OC(C)(C)C)NC(=O)[C@@H](CC(=O)[C@@H](N)CCNC(=O)OC(C)(C)C)C(C)O)CCNC(=O)[C@H](C(C)O)NC(=O)[C@H](CCNC(=O)OC(C)(C)C)CC(=O)[C@H](CCNC(=O)OC(C)(C)C)NC1=O. The molecule has 1 aromatic rings. The third-order valence-electron chi connectivity index (χ3n) is 16.2. The maximum atomic E-state index is 15.2. The lowest BCUT2D eigenvalue weighted by atomic mass is 9.90. The Kier molecular flexibility index (Phi) is 40.1. The van der Waals surface area contributed by atoms with Crippen LogP contribution >= 0.6 is 0 Å². The van der Waals surface area contributed by atoms with Crippen molar-refractivity contribution in [2.24, 2.45) is 29.4 Å². The van der Waals surface area contributed by atoms with Gasteiger partial charge in [-0.1, -0.05) is 44.2 Å². The summed E-state index contributed by atoms with van der Waals surface area (Å²) < 4.78 is 26.9. The summed E-state index contributed by atoms with van der Waals surface area (Å²) in [5, 5.41) is 54.5. The van der Waals surface area contributed by atoms with E-state index in [1.807, 2.05) is 0 Å². The number of amides is 11. The zero-order valence-electron chi connectivity index (χ0n) is 67.3. The molecule has 2 unspecified atom stereocenters. The summed E-state index contributed by atoms with van der Waals surface area (Å²) in [5.41, 5.74) is 2.21. The smallest absolute Gasteiger partial charge is 0.407 e. The maximum Gasteiger partial charge on any atom is 0.407 e. The summed E-state index contributed by atoms with van der Waals surface area (Å²) in [6, 6.07) is -1.67. The van der Waals surface area contributed by atoms with Crippen LogP contribution in [0.15, 0.2) is 30.3 Å². The average molecular weight is 1550 g/mol. The number of nitrogens with one attached hydrogen (secondary N) is 12. The highest BCUT2D eigenvalue weighted by atomic mass is 16.6. The number of aliphatic hydroxyl groups is 2. The minimum absolute atomic E-state index is 0.0379. The normalized spacial score (nSPS) is 20.7. The van der Waals surface area contributed by atoms with E-state index in [4.69, 9.17) is 29.4 Å². The van der Waals surface area contributed by atoms with Crippen molar-refractivity contribution in [1.29, 1.82) is 0 Å². The monoisotopic (exact) mass is 1550 g/mol. The van der Waals surface area contributed by atoms with Crippen molar-refractivity contribution < 1.29 is 101 Å². The molecular formula is C75H127N13O21. The van der Waals surface area contributed by atoms with E-state index in [1.54, 1.807) is 148 Å².